The van der Waals surface area contributed by atoms with Gasteiger partial charge in [-0.15, -0.1) is 6.58 Å². The van der Waals surface area contributed by atoms with Gasteiger partial charge in [0.05, 0.1) is 30.6 Å². The molecule has 0 radical (unpaired) electrons. The van der Waals surface area contributed by atoms with Crippen LogP contribution in [0.25, 0.3) is 10.8 Å². The number of aliphatic hydroxyl groups excluding tert-OH is 1. The first-order chi connectivity index (χ1) is 16.9. The number of hydrogen-bond acceptors (Lipinski definition) is 5. The fourth-order valence-corrected chi connectivity index (χ4v) is 6.40. The molecule has 0 aliphatic carbocycles. The highest BCUT2D eigenvalue weighted by Crippen LogP contribution is 2.59. The molecular weight excluding hydrogens is 448 g/mol. The maximum atomic E-state index is 14.3. The van der Waals surface area contributed by atoms with Crippen LogP contribution in [0, 0.1) is 11.8 Å². The molecule has 1 spiro atoms. The number of aliphatic carboxylic acids is 1. The molecule has 3 fully saturated rings. The summed E-state index contributed by atoms with van der Waals surface area (Å²) in [4.78, 5) is 43.2. The lowest BCUT2D eigenvalue weighted by Crippen LogP contribution is -2.59. The number of amides is 2. The quantitative estimate of drug-likeness (QED) is 0.565. The Morgan fingerprint density at radius 2 is 2.03 bits per heavy atom. The van der Waals surface area contributed by atoms with Gasteiger partial charge >= 0.3 is 5.97 Å². The van der Waals surface area contributed by atoms with E-state index in [-0.39, 0.29) is 19.1 Å². The number of carbonyl (C=O) groups excluding carboxylic acids is 2. The Kier molecular flexibility index (Phi) is 5.89. The second-order valence-electron chi connectivity index (χ2n) is 9.65. The highest BCUT2D eigenvalue weighted by molar-refractivity contribution is 6.05. The van der Waals surface area contributed by atoms with Crippen molar-refractivity contribution in [1.82, 2.24) is 4.90 Å². The number of fused-ring (bicyclic) bond motifs is 2. The summed E-state index contributed by atoms with van der Waals surface area (Å²) in [5.74, 6) is -3.81. The largest absolute Gasteiger partial charge is 0.481 e. The minimum absolute atomic E-state index is 0.207. The molecule has 2 N–H and O–H groups in total. The van der Waals surface area contributed by atoms with Crippen molar-refractivity contribution in [3.63, 3.8) is 0 Å². The lowest BCUT2D eigenvalue weighted by Gasteiger charge is -2.39. The van der Waals surface area contributed by atoms with Gasteiger partial charge in [-0.25, -0.2) is 0 Å². The number of carbonyl (C=O) groups is 3. The third-order valence-corrected chi connectivity index (χ3v) is 7.95. The highest BCUT2D eigenvalue weighted by Gasteiger charge is 2.75. The molecule has 0 saturated carbocycles. The number of nitrogens with zero attached hydrogens (tertiary/aromatic N) is 2. The fraction of sp³-hybridized carbons (Fsp3) is 0.444. The topological polar surface area (TPSA) is 107 Å². The van der Waals surface area contributed by atoms with Gasteiger partial charge in [-0.05, 0) is 42.2 Å². The van der Waals surface area contributed by atoms with E-state index in [1.165, 1.54) is 4.90 Å². The zero-order valence-corrected chi connectivity index (χ0v) is 19.7. The molecule has 2 aromatic rings. The summed E-state index contributed by atoms with van der Waals surface area (Å²) in [6.07, 6.45) is 2.35. The monoisotopic (exact) mass is 478 g/mol. The number of hydrogen-bond donors (Lipinski definition) is 2. The second-order valence-corrected chi connectivity index (χ2v) is 9.65. The van der Waals surface area contributed by atoms with Crippen LogP contribution in [0.2, 0.25) is 0 Å². The van der Waals surface area contributed by atoms with Gasteiger partial charge in [0.1, 0.15) is 11.6 Å². The Morgan fingerprint density at radius 3 is 2.69 bits per heavy atom. The number of carboxylic acid groups (broad SMARTS) is 1. The summed E-state index contributed by atoms with van der Waals surface area (Å²) in [6, 6.07) is 11.9. The number of rotatable bonds is 8. The van der Waals surface area contributed by atoms with Crippen molar-refractivity contribution in [2.45, 2.75) is 50.0 Å². The molecule has 3 heterocycles. The molecule has 6 atom stereocenters. The molecule has 0 aromatic heterocycles. The lowest BCUT2D eigenvalue weighted by atomic mass is 9.70. The van der Waals surface area contributed by atoms with Gasteiger partial charge in [-0.3, -0.25) is 14.4 Å². The van der Waals surface area contributed by atoms with Crippen LogP contribution >= 0.6 is 0 Å². The normalized spacial score (nSPS) is 29.9. The average molecular weight is 479 g/mol. The summed E-state index contributed by atoms with van der Waals surface area (Å²) < 4.78 is 6.27. The zero-order valence-electron chi connectivity index (χ0n) is 19.7. The first-order valence-electron chi connectivity index (χ1n) is 12.1. The minimum Gasteiger partial charge on any atom is -0.481 e. The van der Waals surface area contributed by atoms with E-state index in [0.29, 0.717) is 24.9 Å². The third kappa shape index (κ3) is 3.38. The van der Waals surface area contributed by atoms with Crippen molar-refractivity contribution in [1.29, 1.82) is 0 Å². The SMILES string of the molecule is C=CCN(C(=O)[C@H]1N([C@@H](CC)CO)C(=O)[C@@H]2[C@@H](C(=O)O)[C@H]3CC[C@]21O3)c1ccc2ccccc2c1. The van der Waals surface area contributed by atoms with E-state index in [1.54, 1.807) is 11.0 Å². The summed E-state index contributed by atoms with van der Waals surface area (Å²) >= 11 is 0. The number of aliphatic hydroxyl groups is 1. The van der Waals surface area contributed by atoms with Crippen molar-refractivity contribution < 1.29 is 29.3 Å². The minimum atomic E-state index is -1.22. The second kappa shape index (κ2) is 8.77. The Balaban J connectivity index is 1.62. The Labute approximate surface area is 203 Å². The van der Waals surface area contributed by atoms with Crippen LogP contribution in [0.3, 0.4) is 0 Å². The van der Waals surface area contributed by atoms with Gasteiger partial charge in [0.25, 0.3) is 5.91 Å². The third-order valence-electron chi connectivity index (χ3n) is 7.95. The maximum Gasteiger partial charge on any atom is 0.310 e. The van der Waals surface area contributed by atoms with Crippen LogP contribution in [-0.2, 0) is 19.1 Å². The fourth-order valence-electron chi connectivity index (χ4n) is 6.40. The molecule has 0 unspecified atom stereocenters. The molecule has 3 aliphatic heterocycles. The Morgan fingerprint density at radius 1 is 1.29 bits per heavy atom. The average Bonchev–Trinajstić information content (AvgIpc) is 3.50. The molecule has 184 valence electrons. The van der Waals surface area contributed by atoms with Crippen molar-refractivity contribution in [2.75, 3.05) is 18.1 Å². The van der Waals surface area contributed by atoms with Gasteiger partial charge in [0.2, 0.25) is 5.91 Å². The van der Waals surface area contributed by atoms with Gasteiger partial charge in [0, 0.05) is 12.2 Å². The van der Waals surface area contributed by atoms with Crippen LogP contribution in [0.4, 0.5) is 5.69 Å². The predicted octanol–water partition coefficient (Wildman–Crippen LogP) is 2.59. The van der Waals surface area contributed by atoms with E-state index in [1.807, 2.05) is 49.4 Å². The van der Waals surface area contributed by atoms with Gasteiger partial charge in [-0.2, -0.15) is 0 Å². The summed E-state index contributed by atoms with van der Waals surface area (Å²) in [7, 11) is 0. The number of ether oxygens (including phenoxy) is 1. The molecule has 2 aromatic carbocycles. The summed E-state index contributed by atoms with van der Waals surface area (Å²) in [5.41, 5.74) is -0.568. The molecule has 2 bridgehead atoms. The smallest absolute Gasteiger partial charge is 0.310 e. The molecule has 8 nitrogen and oxygen atoms in total. The van der Waals surface area contributed by atoms with Crippen LogP contribution in [0.5, 0.6) is 0 Å². The van der Waals surface area contributed by atoms with Crippen LogP contribution in [-0.4, -0.2) is 69.8 Å². The predicted molar refractivity (Wildman–Crippen MR) is 130 cm³/mol. The molecule has 8 heteroatoms. The molecule has 3 aliphatic rings. The van der Waals surface area contributed by atoms with E-state index < -0.39 is 47.5 Å². The molecule has 2 amide bonds. The molecule has 35 heavy (non-hydrogen) atoms. The van der Waals surface area contributed by atoms with Crippen molar-refractivity contribution in [3.8, 4) is 0 Å². The van der Waals surface area contributed by atoms with E-state index in [0.717, 1.165) is 10.8 Å². The van der Waals surface area contributed by atoms with E-state index in [2.05, 4.69) is 6.58 Å². The standard InChI is InChI=1S/C27H30N2O6/c1-3-13-28(19-10-9-16-7-5-6-8-17(16)14-19)25(32)23-27-12-11-20(35-27)21(26(33)34)22(27)24(31)29(23)18(4-2)15-30/h3,5-10,14,18,20-23,30H,1,4,11-13,15H2,2H3,(H,33,34)/t18-,20+,21-,22-,23+,27-/m0/s1. The van der Waals surface area contributed by atoms with Gasteiger partial charge in [0.15, 0.2) is 0 Å². The van der Waals surface area contributed by atoms with Crippen molar-refractivity contribution >= 4 is 34.2 Å². The molecule has 3 saturated heterocycles. The first-order valence-corrected chi connectivity index (χ1v) is 12.1. The van der Waals surface area contributed by atoms with E-state index >= 15 is 0 Å². The van der Waals surface area contributed by atoms with Crippen LogP contribution in [0.1, 0.15) is 26.2 Å². The summed E-state index contributed by atoms with van der Waals surface area (Å²) in [6.45, 7) is 5.54. The lowest BCUT2D eigenvalue weighted by molar-refractivity contribution is -0.151. The van der Waals surface area contributed by atoms with Crippen LogP contribution < -0.4 is 4.90 Å². The zero-order chi connectivity index (χ0) is 24.9. The van der Waals surface area contributed by atoms with Gasteiger partial charge < -0.3 is 24.7 Å². The number of carboxylic acids is 1. The van der Waals surface area contributed by atoms with E-state index in [9.17, 15) is 24.6 Å². The highest BCUT2D eigenvalue weighted by atomic mass is 16.5. The van der Waals surface area contributed by atoms with Crippen molar-refractivity contribution in [3.05, 3.63) is 55.1 Å². The maximum absolute atomic E-state index is 14.3. The number of benzene rings is 2. The molecule has 5 rings (SSSR count). The first kappa shape index (κ1) is 23.5. The van der Waals surface area contributed by atoms with Gasteiger partial charge in [-0.1, -0.05) is 43.3 Å². The Hall–Kier alpha value is -3.23. The summed E-state index contributed by atoms with van der Waals surface area (Å²) in [5, 5.41) is 22.0. The molecular formula is C27H30N2O6. The van der Waals surface area contributed by atoms with E-state index in [4.69, 9.17) is 4.74 Å². The number of likely N-dealkylation sites (tertiary alicyclic amines) is 1. The van der Waals surface area contributed by atoms with Crippen molar-refractivity contribution in [2.24, 2.45) is 11.8 Å². The van der Waals surface area contributed by atoms with Crippen LogP contribution in [0.15, 0.2) is 55.1 Å². The Bertz CT molecular complexity index is 1190. The number of anilines is 1.